The average Bonchev–Trinajstić information content (AvgIpc) is 3.53. The van der Waals surface area contributed by atoms with E-state index in [0.717, 1.165) is 11.1 Å². The molecule has 0 saturated heterocycles. The molecule has 13 heteroatoms. The van der Waals surface area contributed by atoms with E-state index in [1.54, 1.807) is 65.2 Å². The van der Waals surface area contributed by atoms with Gasteiger partial charge in [0.25, 0.3) is 5.91 Å². The number of ketones is 1. The van der Waals surface area contributed by atoms with Gasteiger partial charge in [0.1, 0.15) is 25.7 Å². The fourth-order valence-electron chi connectivity index (χ4n) is 4.18. The number of fused-ring (bicyclic) bond motifs is 1. The van der Waals surface area contributed by atoms with Crippen LogP contribution in [-0.2, 0) is 34.1 Å². The number of benzene rings is 4. The van der Waals surface area contributed by atoms with Crippen LogP contribution in [0.4, 0.5) is 10.5 Å². The van der Waals surface area contributed by atoms with E-state index >= 15 is 0 Å². The van der Waals surface area contributed by atoms with Crippen LogP contribution in [0.5, 0.6) is 0 Å². The van der Waals surface area contributed by atoms with Crippen molar-refractivity contribution in [1.29, 1.82) is 5.41 Å². The Morgan fingerprint density at radius 1 is 0.880 bits per heavy atom. The van der Waals surface area contributed by atoms with E-state index in [9.17, 15) is 14.4 Å². The average molecular weight is 680 g/mol. The van der Waals surface area contributed by atoms with Crippen LogP contribution in [0.1, 0.15) is 41.2 Å². The number of aromatic nitrogens is 2. The van der Waals surface area contributed by atoms with Crippen molar-refractivity contribution in [2.75, 3.05) is 12.3 Å². The van der Waals surface area contributed by atoms with Gasteiger partial charge in [0.15, 0.2) is 17.4 Å². The molecule has 1 aromatic heterocycles. The lowest BCUT2D eigenvalue weighted by molar-refractivity contribution is -0.116. The zero-order chi connectivity index (χ0) is 36.9. The molecule has 260 valence electrons. The van der Waals surface area contributed by atoms with E-state index in [4.69, 9.17) is 31.5 Å². The normalized spacial score (nSPS) is 10.2. The molecule has 0 aliphatic rings. The number of alkyl carbamates (subject to hydrolysis) is 1. The molecule has 0 aliphatic heterocycles. The number of Topliss-reactive ketones (excluding diaryl/α,β-unsaturated/α-hetero) is 1. The standard InChI is InChI=1S/C27H25N7O4.C7H8O.C2H6.CH2O/c28-19-12-10-18(11-13-19)22(35)15-34-21-9-5-4-8-20(21)32-26(34)24(29)25(30)33-23(36)14-31-27(37)38-16-17-6-2-1-3-7-17;8-6-7-4-2-1-3-5-7;2*1-2/h1-13,29H,14-16,28H2,(H,31,37)(H2,30,33,36);1-5,8H,6H2;1-2H3;1H2. The minimum atomic E-state index is -0.797. The summed E-state index contributed by atoms with van der Waals surface area (Å²) in [5, 5.41) is 19.4. The third kappa shape index (κ3) is 12.3. The Bertz CT molecular complexity index is 1860. The third-order valence-corrected chi connectivity index (χ3v) is 6.54. The van der Waals surface area contributed by atoms with Crippen LogP contribution in [0.3, 0.4) is 0 Å². The molecule has 7 N–H and O–H groups in total. The summed E-state index contributed by atoms with van der Waals surface area (Å²) in [6.07, 6.45) is -0.797. The van der Waals surface area contributed by atoms with Gasteiger partial charge >= 0.3 is 6.09 Å². The SMILES string of the molecule is C=O.CC.N=C(C(N)=NC(=O)CNC(=O)OCc1ccccc1)c1nc2ccccc2n1CC(=O)c1ccc(N)cc1.OCc1ccccc1. The first kappa shape index (κ1) is 39.7. The van der Waals surface area contributed by atoms with Gasteiger partial charge in [-0.3, -0.25) is 15.0 Å². The summed E-state index contributed by atoms with van der Waals surface area (Å²) >= 11 is 0. The summed E-state index contributed by atoms with van der Waals surface area (Å²) in [7, 11) is 0. The van der Waals surface area contributed by atoms with Crippen LogP contribution in [0, 0.1) is 5.41 Å². The van der Waals surface area contributed by atoms with Crippen LogP contribution in [0.15, 0.2) is 114 Å². The van der Waals surface area contributed by atoms with E-state index in [1.807, 2.05) is 69.2 Å². The van der Waals surface area contributed by atoms with Crippen molar-refractivity contribution in [3.8, 4) is 0 Å². The Kier molecular flexibility index (Phi) is 17.0. The number of amides is 2. The first-order chi connectivity index (χ1) is 24.2. The number of carbonyl (C=O) groups excluding carboxylic acids is 4. The molecule has 13 nitrogen and oxygen atoms in total. The predicted molar refractivity (Wildman–Crippen MR) is 194 cm³/mol. The number of imidazole rings is 1. The summed E-state index contributed by atoms with van der Waals surface area (Å²) < 4.78 is 6.60. The van der Waals surface area contributed by atoms with E-state index in [2.05, 4.69) is 15.3 Å². The van der Waals surface area contributed by atoms with Gasteiger partial charge in [-0.2, -0.15) is 4.99 Å². The van der Waals surface area contributed by atoms with Gasteiger partial charge in [-0.05, 0) is 47.5 Å². The number of amidine groups is 1. The molecule has 1 heterocycles. The molecule has 0 saturated carbocycles. The highest BCUT2D eigenvalue weighted by atomic mass is 16.5. The number of nitrogens with one attached hydrogen (secondary N) is 2. The number of rotatable bonds is 10. The van der Waals surface area contributed by atoms with E-state index < -0.39 is 24.4 Å². The quantitative estimate of drug-likeness (QED) is 0.0597. The number of hydrogen-bond acceptors (Lipinski definition) is 9. The summed E-state index contributed by atoms with van der Waals surface area (Å²) in [6.45, 7) is 5.58. The number of nitrogens with two attached hydrogens (primary N) is 2. The Morgan fingerprint density at radius 2 is 1.44 bits per heavy atom. The number of ether oxygens (including phenoxy) is 1. The molecular weight excluding hydrogens is 638 g/mol. The predicted octanol–water partition coefficient (Wildman–Crippen LogP) is 4.70. The third-order valence-electron chi connectivity index (χ3n) is 6.54. The van der Waals surface area contributed by atoms with Crippen LogP contribution in [0.25, 0.3) is 11.0 Å². The number of nitrogen functional groups attached to an aromatic ring is 1. The zero-order valence-electron chi connectivity index (χ0n) is 27.9. The fourth-order valence-corrected chi connectivity index (χ4v) is 4.18. The summed E-state index contributed by atoms with van der Waals surface area (Å²) in [6, 6.07) is 32.1. The molecule has 0 fully saturated rings. The molecule has 0 bridgehead atoms. The van der Waals surface area contributed by atoms with Crippen molar-refractivity contribution in [2.45, 2.75) is 33.6 Å². The topological polar surface area (TPSA) is 216 Å². The highest BCUT2D eigenvalue weighted by Gasteiger charge is 2.21. The summed E-state index contributed by atoms with van der Waals surface area (Å²) in [4.78, 5) is 53.3. The number of anilines is 1. The lowest BCUT2D eigenvalue weighted by atomic mass is 10.1. The number of nitrogens with zero attached hydrogens (tertiary/aromatic N) is 3. The molecule has 0 spiro atoms. The van der Waals surface area contributed by atoms with E-state index in [1.165, 1.54) is 0 Å². The summed E-state index contributed by atoms with van der Waals surface area (Å²) in [5.74, 6) is -1.36. The Labute approximate surface area is 290 Å². The monoisotopic (exact) mass is 679 g/mol. The van der Waals surface area contributed by atoms with Gasteiger partial charge in [0.2, 0.25) is 0 Å². The first-order valence-corrected chi connectivity index (χ1v) is 15.4. The zero-order valence-corrected chi connectivity index (χ0v) is 27.9. The second-order valence-corrected chi connectivity index (χ2v) is 9.88. The van der Waals surface area contributed by atoms with Crippen molar-refractivity contribution < 1.29 is 29.0 Å². The Balaban J connectivity index is 0.000000620. The number of hydrogen-bond donors (Lipinski definition) is 5. The lowest BCUT2D eigenvalue weighted by Gasteiger charge is -2.10. The second-order valence-electron chi connectivity index (χ2n) is 9.88. The minimum Gasteiger partial charge on any atom is -0.445 e. The van der Waals surface area contributed by atoms with Gasteiger partial charge in [-0.1, -0.05) is 86.6 Å². The Hall–Kier alpha value is -6.47. The molecule has 5 rings (SSSR count). The van der Waals surface area contributed by atoms with Crippen molar-refractivity contribution >= 4 is 52.8 Å². The van der Waals surface area contributed by atoms with Crippen LogP contribution in [0.2, 0.25) is 0 Å². The van der Waals surface area contributed by atoms with Crippen LogP contribution >= 0.6 is 0 Å². The smallest absolute Gasteiger partial charge is 0.407 e. The van der Waals surface area contributed by atoms with Gasteiger partial charge in [0, 0.05) is 11.3 Å². The number of para-hydroxylation sites is 2. The molecule has 0 unspecified atom stereocenters. The van der Waals surface area contributed by atoms with Gasteiger partial charge < -0.3 is 36.0 Å². The maximum absolute atomic E-state index is 13.0. The van der Waals surface area contributed by atoms with Crippen molar-refractivity contribution in [2.24, 2.45) is 10.7 Å². The number of carbonyl (C=O) groups is 4. The van der Waals surface area contributed by atoms with Crippen LogP contribution < -0.4 is 16.8 Å². The lowest BCUT2D eigenvalue weighted by Crippen LogP contribution is -2.33. The minimum absolute atomic E-state index is 0.0439. The number of aliphatic hydroxyl groups is 1. The van der Waals surface area contributed by atoms with Gasteiger partial charge in [-0.25, -0.2) is 9.78 Å². The van der Waals surface area contributed by atoms with Crippen molar-refractivity contribution in [1.82, 2.24) is 14.9 Å². The Morgan fingerprint density at radius 3 is 2.02 bits per heavy atom. The molecule has 2 amide bonds. The maximum Gasteiger partial charge on any atom is 0.407 e. The van der Waals surface area contributed by atoms with Crippen molar-refractivity contribution in [3.63, 3.8) is 0 Å². The molecule has 4 aromatic carbocycles. The van der Waals surface area contributed by atoms with Crippen LogP contribution in [-0.4, -0.2) is 57.3 Å². The highest BCUT2D eigenvalue weighted by Crippen LogP contribution is 2.18. The molecule has 50 heavy (non-hydrogen) atoms. The number of aliphatic imine (C=N–C) groups is 1. The second kappa shape index (κ2) is 21.4. The molecule has 0 atom stereocenters. The number of aliphatic hydroxyl groups excluding tert-OH is 1. The van der Waals surface area contributed by atoms with Crippen molar-refractivity contribution in [3.05, 3.63) is 132 Å². The molecule has 0 radical (unpaired) electrons. The summed E-state index contributed by atoms with van der Waals surface area (Å²) in [5.41, 5.74) is 15.2. The van der Waals surface area contributed by atoms with Gasteiger partial charge in [-0.15, -0.1) is 0 Å². The van der Waals surface area contributed by atoms with Gasteiger partial charge in [0.05, 0.1) is 24.2 Å². The fraction of sp³-hybridized carbons (Fsp3) is 0.162. The molecule has 5 aromatic rings. The first-order valence-electron chi connectivity index (χ1n) is 15.4. The maximum atomic E-state index is 13.0. The molecule has 0 aliphatic carbocycles. The highest BCUT2D eigenvalue weighted by molar-refractivity contribution is 6.46. The largest absolute Gasteiger partial charge is 0.445 e. The molecular formula is C37H41N7O6. The van der Waals surface area contributed by atoms with E-state index in [0.29, 0.717) is 22.3 Å². The van der Waals surface area contributed by atoms with E-state index in [-0.39, 0.29) is 37.1 Å².